The number of fused-ring (bicyclic) bond motifs is 1. The monoisotopic (exact) mass is 312 g/mol. The topological polar surface area (TPSA) is 50.2 Å². The van der Waals surface area contributed by atoms with Crippen molar-refractivity contribution in [3.8, 4) is 0 Å². The quantitative estimate of drug-likeness (QED) is 0.772. The van der Waals surface area contributed by atoms with Gasteiger partial charge in [0.2, 0.25) is 0 Å². The Morgan fingerprint density at radius 2 is 1.87 bits per heavy atom. The Bertz CT molecular complexity index is 873. The molecule has 0 bridgehead atoms. The molecule has 3 aromatic rings. The molecule has 0 aliphatic carbocycles. The largest absolute Gasteiger partial charge is 0.325 e. The minimum Gasteiger partial charge on any atom is -0.325 e. The number of hydrogen-bond donors (Lipinski definition) is 2. The second-order valence-corrected chi connectivity index (χ2v) is 5.84. The number of benzene rings is 2. The van der Waals surface area contributed by atoms with Gasteiger partial charge >= 0.3 is 0 Å². The second kappa shape index (κ2) is 6.30. The SMILES string of the molecule is C[C@H](c1nc2ccccc2c(=O)[nH]1)[NH+](C)Cc1ccc(F)cc1. The molecule has 1 unspecified atom stereocenters. The first-order valence-corrected chi connectivity index (χ1v) is 7.60. The Labute approximate surface area is 133 Å². The van der Waals surface area contributed by atoms with E-state index in [2.05, 4.69) is 9.97 Å². The minimum absolute atomic E-state index is 0.0114. The van der Waals surface area contributed by atoms with Gasteiger partial charge in [0.1, 0.15) is 18.4 Å². The number of nitrogens with zero attached hydrogens (tertiary/aromatic N) is 1. The van der Waals surface area contributed by atoms with E-state index in [4.69, 9.17) is 0 Å². The minimum atomic E-state index is -0.236. The van der Waals surface area contributed by atoms with Crippen molar-refractivity contribution in [2.24, 2.45) is 0 Å². The number of aromatic nitrogens is 2. The molecule has 2 atom stereocenters. The second-order valence-electron chi connectivity index (χ2n) is 5.84. The average Bonchev–Trinajstić information content (AvgIpc) is 2.56. The molecule has 118 valence electrons. The molecule has 1 heterocycles. The molecule has 23 heavy (non-hydrogen) atoms. The van der Waals surface area contributed by atoms with Crippen LogP contribution in [0.5, 0.6) is 0 Å². The van der Waals surface area contributed by atoms with Gasteiger partial charge in [-0.2, -0.15) is 0 Å². The molecule has 4 nitrogen and oxygen atoms in total. The summed E-state index contributed by atoms with van der Waals surface area (Å²) in [6.45, 7) is 2.74. The summed E-state index contributed by atoms with van der Waals surface area (Å²) in [4.78, 5) is 20.8. The third-order valence-corrected chi connectivity index (χ3v) is 4.18. The number of halogens is 1. The van der Waals surface area contributed by atoms with Crippen molar-refractivity contribution in [1.82, 2.24) is 9.97 Å². The molecule has 0 radical (unpaired) electrons. The number of rotatable bonds is 4. The lowest BCUT2D eigenvalue weighted by Crippen LogP contribution is -3.07. The van der Waals surface area contributed by atoms with Crippen LogP contribution in [-0.2, 0) is 6.54 Å². The van der Waals surface area contributed by atoms with Gasteiger partial charge in [-0.15, -0.1) is 0 Å². The number of nitrogens with one attached hydrogen (secondary N) is 2. The van der Waals surface area contributed by atoms with Gasteiger partial charge in [0.05, 0.1) is 18.0 Å². The van der Waals surface area contributed by atoms with Crippen LogP contribution < -0.4 is 10.5 Å². The molecule has 0 spiro atoms. The highest BCUT2D eigenvalue weighted by molar-refractivity contribution is 5.77. The first-order valence-electron chi connectivity index (χ1n) is 7.60. The first kappa shape index (κ1) is 15.4. The highest BCUT2D eigenvalue weighted by Crippen LogP contribution is 2.09. The average molecular weight is 312 g/mol. The van der Waals surface area contributed by atoms with Crippen LogP contribution in [0.25, 0.3) is 10.9 Å². The Balaban J connectivity index is 1.85. The molecule has 2 aromatic carbocycles. The van der Waals surface area contributed by atoms with Crippen LogP contribution >= 0.6 is 0 Å². The predicted molar refractivity (Wildman–Crippen MR) is 87.8 cm³/mol. The summed E-state index contributed by atoms with van der Waals surface area (Å²) in [6.07, 6.45) is 0. The summed E-state index contributed by atoms with van der Waals surface area (Å²) in [5.41, 5.74) is 1.62. The lowest BCUT2D eigenvalue weighted by molar-refractivity contribution is -0.924. The first-order chi connectivity index (χ1) is 11.0. The molecule has 0 aliphatic heterocycles. The number of quaternary nitrogens is 1. The van der Waals surface area contributed by atoms with Gasteiger partial charge in [0.15, 0.2) is 5.82 Å². The molecule has 1 aromatic heterocycles. The Morgan fingerprint density at radius 1 is 1.17 bits per heavy atom. The molecule has 0 fully saturated rings. The zero-order chi connectivity index (χ0) is 16.4. The normalized spacial score (nSPS) is 13.9. The van der Waals surface area contributed by atoms with E-state index in [9.17, 15) is 9.18 Å². The highest BCUT2D eigenvalue weighted by Gasteiger charge is 2.19. The van der Waals surface area contributed by atoms with Crippen molar-refractivity contribution >= 4 is 10.9 Å². The Morgan fingerprint density at radius 3 is 2.61 bits per heavy atom. The van der Waals surface area contributed by atoms with Crippen LogP contribution in [0, 0.1) is 5.82 Å². The van der Waals surface area contributed by atoms with Crippen LogP contribution in [0.15, 0.2) is 53.3 Å². The van der Waals surface area contributed by atoms with Crippen molar-refractivity contribution in [1.29, 1.82) is 0 Å². The zero-order valence-electron chi connectivity index (χ0n) is 13.1. The highest BCUT2D eigenvalue weighted by atomic mass is 19.1. The third kappa shape index (κ3) is 3.29. The van der Waals surface area contributed by atoms with E-state index >= 15 is 0 Å². The van der Waals surface area contributed by atoms with Crippen LogP contribution in [0.4, 0.5) is 4.39 Å². The zero-order valence-corrected chi connectivity index (χ0v) is 13.1. The number of para-hydroxylation sites is 1. The molecule has 3 rings (SSSR count). The lowest BCUT2D eigenvalue weighted by Gasteiger charge is -2.21. The van der Waals surface area contributed by atoms with Gasteiger partial charge in [0.25, 0.3) is 5.56 Å². The molecule has 0 aliphatic rings. The molecular formula is C18H19FN3O+. The Hall–Kier alpha value is -2.53. The fraction of sp³-hybridized carbons (Fsp3) is 0.222. The van der Waals surface area contributed by atoms with Gasteiger partial charge < -0.3 is 9.88 Å². The molecule has 0 saturated heterocycles. The maximum Gasteiger partial charge on any atom is 0.258 e. The standard InChI is InChI=1S/C18H18FN3O/c1-12(22(2)11-13-7-9-14(19)10-8-13)17-20-16-6-4-3-5-15(16)18(23)21-17/h3-10,12H,11H2,1-2H3,(H,20,21,23)/p+1/t12-/m1/s1. The van der Waals surface area contributed by atoms with Crippen molar-refractivity contribution in [2.75, 3.05) is 7.05 Å². The van der Waals surface area contributed by atoms with Crippen molar-refractivity contribution < 1.29 is 9.29 Å². The van der Waals surface area contributed by atoms with E-state index in [-0.39, 0.29) is 17.4 Å². The van der Waals surface area contributed by atoms with Gasteiger partial charge in [-0.3, -0.25) is 4.79 Å². The molecule has 0 saturated carbocycles. The number of H-pyrrole nitrogens is 1. The van der Waals surface area contributed by atoms with Crippen LogP contribution in [0.1, 0.15) is 24.4 Å². The van der Waals surface area contributed by atoms with Crippen molar-refractivity contribution in [2.45, 2.75) is 19.5 Å². The number of hydrogen-bond acceptors (Lipinski definition) is 2. The maximum atomic E-state index is 13.0. The van der Waals surface area contributed by atoms with Crippen molar-refractivity contribution in [3.63, 3.8) is 0 Å². The molecule has 2 N–H and O–H groups in total. The fourth-order valence-corrected chi connectivity index (χ4v) is 2.62. The number of aromatic amines is 1. The summed E-state index contributed by atoms with van der Waals surface area (Å²) in [5.74, 6) is 0.424. The smallest absolute Gasteiger partial charge is 0.258 e. The molecular weight excluding hydrogens is 293 g/mol. The summed E-state index contributed by atoms with van der Waals surface area (Å²) >= 11 is 0. The third-order valence-electron chi connectivity index (χ3n) is 4.18. The predicted octanol–water partition coefficient (Wildman–Crippen LogP) is 1.84. The van der Waals surface area contributed by atoms with Crippen molar-refractivity contribution in [3.05, 3.63) is 76.1 Å². The van der Waals surface area contributed by atoms with Crippen LogP contribution in [0.2, 0.25) is 0 Å². The summed E-state index contributed by atoms with van der Waals surface area (Å²) < 4.78 is 13.0. The van der Waals surface area contributed by atoms with E-state index in [1.165, 1.54) is 12.1 Å². The molecule has 5 heteroatoms. The van der Waals surface area contributed by atoms with E-state index in [1.807, 2.05) is 32.2 Å². The summed E-state index contributed by atoms with van der Waals surface area (Å²) in [7, 11) is 2.03. The lowest BCUT2D eigenvalue weighted by atomic mass is 10.1. The van der Waals surface area contributed by atoms with E-state index in [0.717, 1.165) is 17.0 Å². The maximum absolute atomic E-state index is 13.0. The Kier molecular flexibility index (Phi) is 4.21. The van der Waals surface area contributed by atoms with Crippen LogP contribution in [0.3, 0.4) is 0 Å². The summed E-state index contributed by atoms with van der Waals surface area (Å²) in [5, 5.41) is 0.597. The molecule has 0 amide bonds. The van der Waals surface area contributed by atoms with Gasteiger partial charge in [-0.1, -0.05) is 24.3 Å². The fourth-order valence-electron chi connectivity index (χ4n) is 2.62. The van der Waals surface area contributed by atoms with E-state index in [1.54, 1.807) is 18.2 Å². The van der Waals surface area contributed by atoms with Gasteiger partial charge in [0, 0.05) is 5.56 Å². The van der Waals surface area contributed by atoms with E-state index < -0.39 is 0 Å². The van der Waals surface area contributed by atoms with Gasteiger partial charge in [-0.05, 0) is 31.2 Å². The van der Waals surface area contributed by atoms with E-state index in [0.29, 0.717) is 16.7 Å². The van der Waals surface area contributed by atoms with Gasteiger partial charge in [-0.25, -0.2) is 9.37 Å². The summed E-state index contributed by atoms with van der Waals surface area (Å²) in [6, 6.07) is 13.8. The van der Waals surface area contributed by atoms with Crippen LogP contribution in [-0.4, -0.2) is 17.0 Å².